The molecule has 9 heteroatoms. The highest BCUT2D eigenvalue weighted by Gasteiger charge is 2.31. The number of benzene rings is 1. The van der Waals surface area contributed by atoms with E-state index in [4.69, 9.17) is 17.4 Å². The van der Waals surface area contributed by atoms with Crippen LogP contribution in [0, 0.1) is 0 Å². The molecule has 2 aromatic rings. The summed E-state index contributed by atoms with van der Waals surface area (Å²) in [5.41, 5.74) is 2.69. The minimum absolute atomic E-state index is 0.0227. The van der Waals surface area contributed by atoms with Gasteiger partial charge in [-0.2, -0.15) is 0 Å². The average molecular weight is 279 g/mol. The van der Waals surface area contributed by atoms with Crippen LogP contribution < -0.4 is 16.0 Å². The molecule has 1 aromatic heterocycles. The van der Waals surface area contributed by atoms with Crippen molar-refractivity contribution in [1.29, 1.82) is 0 Å². The maximum Gasteiger partial charge on any atom is 0.573 e. The molecule has 0 saturated heterocycles. The van der Waals surface area contributed by atoms with E-state index < -0.39 is 12.1 Å². The number of rotatable bonds is 2. The van der Waals surface area contributed by atoms with Gasteiger partial charge < -0.3 is 10.2 Å². The van der Waals surface area contributed by atoms with Crippen LogP contribution in [-0.4, -0.2) is 16.3 Å². The lowest BCUT2D eigenvalue weighted by molar-refractivity contribution is -0.274. The minimum atomic E-state index is -4.76. The Morgan fingerprint density at radius 2 is 1.94 bits per heavy atom. The number of hydrogen-bond acceptors (Lipinski definition) is 5. The van der Waals surface area contributed by atoms with Gasteiger partial charge in [-0.3, -0.25) is 0 Å². The number of nitrogens with two attached hydrogens (primary N) is 1. The van der Waals surface area contributed by atoms with Crippen LogP contribution in [0.1, 0.15) is 0 Å². The number of halogens is 4. The number of anilines is 1. The van der Waals surface area contributed by atoms with Crippen LogP contribution in [0.25, 0.3) is 11.0 Å². The van der Waals surface area contributed by atoms with E-state index in [1.165, 1.54) is 6.07 Å². The van der Waals surface area contributed by atoms with Crippen molar-refractivity contribution in [2.24, 2.45) is 5.84 Å². The van der Waals surface area contributed by atoms with Gasteiger partial charge in [0.2, 0.25) is 0 Å². The normalized spacial score (nSPS) is 11.6. The second-order valence-corrected chi connectivity index (χ2v) is 3.56. The number of nitrogens with one attached hydrogen (secondary N) is 1. The lowest BCUT2D eigenvalue weighted by Crippen LogP contribution is -2.17. The summed E-state index contributed by atoms with van der Waals surface area (Å²) in [6, 6.07) is 3.53. The molecule has 0 bridgehead atoms. The van der Waals surface area contributed by atoms with E-state index >= 15 is 0 Å². The summed E-state index contributed by atoms with van der Waals surface area (Å²) < 4.78 is 39.9. The Labute approximate surface area is 104 Å². The Hall–Kier alpha value is -1.80. The molecule has 0 aliphatic heterocycles. The lowest BCUT2D eigenvalue weighted by atomic mass is 10.3. The number of nitrogen functional groups attached to an aromatic ring is 1. The van der Waals surface area contributed by atoms with Crippen LogP contribution >= 0.6 is 11.6 Å². The van der Waals surface area contributed by atoms with Crippen molar-refractivity contribution >= 4 is 28.5 Å². The predicted molar refractivity (Wildman–Crippen MR) is 59.0 cm³/mol. The van der Waals surface area contributed by atoms with Crippen molar-refractivity contribution in [3.63, 3.8) is 0 Å². The van der Waals surface area contributed by atoms with Crippen molar-refractivity contribution < 1.29 is 17.9 Å². The third kappa shape index (κ3) is 2.71. The fourth-order valence-corrected chi connectivity index (χ4v) is 1.49. The Balaban J connectivity index is 2.47. The zero-order valence-electron chi connectivity index (χ0n) is 8.62. The van der Waals surface area contributed by atoms with Gasteiger partial charge in [0.15, 0.2) is 11.0 Å². The van der Waals surface area contributed by atoms with E-state index in [9.17, 15) is 13.2 Å². The van der Waals surface area contributed by atoms with Crippen LogP contribution in [0.2, 0.25) is 5.15 Å². The van der Waals surface area contributed by atoms with E-state index in [0.717, 1.165) is 12.1 Å². The molecule has 0 spiro atoms. The van der Waals surface area contributed by atoms with E-state index in [2.05, 4.69) is 20.1 Å². The summed E-state index contributed by atoms with van der Waals surface area (Å²) in [7, 11) is 0. The molecular formula is C9H6ClF3N4O. The summed E-state index contributed by atoms with van der Waals surface area (Å²) in [4.78, 5) is 7.81. The zero-order chi connectivity index (χ0) is 13.3. The van der Waals surface area contributed by atoms with Crippen LogP contribution in [0.5, 0.6) is 5.75 Å². The standard InChI is InChI=1S/C9H6ClF3N4O/c10-7-8(17-14)16-6-3-4(18-9(11,12)13)1-2-5(6)15-7/h1-3H,14H2,(H,16,17). The van der Waals surface area contributed by atoms with Gasteiger partial charge in [-0.1, -0.05) is 11.6 Å². The largest absolute Gasteiger partial charge is 0.573 e. The molecule has 18 heavy (non-hydrogen) atoms. The molecule has 0 aliphatic rings. The third-order valence-electron chi connectivity index (χ3n) is 1.96. The highest BCUT2D eigenvalue weighted by Crippen LogP contribution is 2.27. The first-order valence-electron chi connectivity index (χ1n) is 4.59. The molecule has 0 saturated carbocycles. The molecule has 0 amide bonds. The molecule has 0 aliphatic carbocycles. The highest BCUT2D eigenvalue weighted by atomic mass is 35.5. The van der Waals surface area contributed by atoms with E-state index in [-0.39, 0.29) is 16.5 Å². The number of hydrogen-bond donors (Lipinski definition) is 2. The fourth-order valence-electron chi connectivity index (χ4n) is 1.30. The zero-order valence-corrected chi connectivity index (χ0v) is 9.38. The van der Waals surface area contributed by atoms with Crippen molar-refractivity contribution in [2.45, 2.75) is 6.36 Å². The van der Waals surface area contributed by atoms with Crippen LogP contribution in [0.15, 0.2) is 18.2 Å². The molecule has 0 atom stereocenters. The number of alkyl halides is 3. The number of nitrogens with zero attached hydrogens (tertiary/aromatic N) is 2. The summed E-state index contributed by atoms with van der Waals surface area (Å²) >= 11 is 5.72. The summed E-state index contributed by atoms with van der Waals surface area (Å²) in [5.74, 6) is 4.80. The van der Waals surface area contributed by atoms with E-state index in [1.54, 1.807) is 0 Å². The molecular weight excluding hydrogens is 273 g/mol. The monoisotopic (exact) mass is 278 g/mol. The van der Waals surface area contributed by atoms with Gasteiger partial charge in [0.25, 0.3) is 0 Å². The van der Waals surface area contributed by atoms with Crippen LogP contribution in [0.3, 0.4) is 0 Å². The average Bonchev–Trinajstić information content (AvgIpc) is 2.26. The van der Waals surface area contributed by atoms with Gasteiger partial charge in [0, 0.05) is 6.07 Å². The van der Waals surface area contributed by atoms with Gasteiger partial charge >= 0.3 is 6.36 Å². The first-order valence-corrected chi connectivity index (χ1v) is 4.96. The minimum Gasteiger partial charge on any atom is -0.406 e. The summed E-state index contributed by atoms with van der Waals surface area (Å²) in [5, 5.41) is 0.0227. The molecule has 1 heterocycles. The smallest absolute Gasteiger partial charge is 0.406 e. The first kappa shape index (κ1) is 12.7. The second kappa shape index (κ2) is 4.46. The maximum absolute atomic E-state index is 12.0. The lowest BCUT2D eigenvalue weighted by Gasteiger charge is -2.09. The molecule has 0 unspecified atom stereocenters. The highest BCUT2D eigenvalue weighted by molar-refractivity contribution is 6.32. The summed E-state index contributed by atoms with van der Waals surface area (Å²) in [6.45, 7) is 0. The van der Waals surface area contributed by atoms with E-state index in [1.807, 2.05) is 0 Å². The van der Waals surface area contributed by atoms with Gasteiger partial charge in [-0.05, 0) is 12.1 Å². The van der Waals surface area contributed by atoms with Gasteiger partial charge in [0.1, 0.15) is 5.75 Å². The third-order valence-corrected chi connectivity index (χ3v) is 2.23. The molecule has 3 N–H and O–H groups in total. The van der Waals surface area contributed by atoms with Gasteiger partial charge in [-0.15, -0.1) is 13.2 Å². The Morgan fingerprint density at radius 1 is 1.22 bits per heavy atom. The molecule has 5 nitrogen and oxygen atoms in total. The van der Waals surface area contributed by atoms with Crippen molar-refractivity contribution in [3.05, 3.63) is 23.4 Å². The molecule has 0 fully saturated rings. The SMILES string of the molecule is NNc1nc2cc(OC(F)(F)F)ccc2nc1Cl. The molecule has 0 radical (unpaired) electrons. The number of fused-ring (bicyclic) bond motifs is 1. The predicted octanol–water partition coefficient (Wildman–Crippen LogP) is 2.47. The number of ether oxygens (including phenoxy) is 1. The Morgan fingerprint density at radius 3 is 2.56 bits per heavy atom. The number of hydrazine groups is 1. The van der Waals surface area contributed by atoms with Crippen molar-refractivity contribution in [3.8, 4) is 5.75 Å². The van der Waals surface area contributed by atoms with Crippen molar-refractivity contribution in [1.82, 2.24) is 9.97 Å². The fraction of sp³-hybridized carbons (Fsp3) is 0.111. The van der Waals surface area contributed by atoms with E-state index in [0.29, 0.717) is 5.52 Å². The Kier molecular flexibility index (Phi) is 3.14. The topological polar surface area (TPSA) is 73.1 Å². The quantitative estimate of drug-likeness (QED) is 0.652. The van der Waals surface area contributed by atoms with Crippen molar-refractivity contribution in [2.75, 3.05) is 5.43 Å². The second-order valence-electron chi connectivity index (χ2n) is 3.21. The van der Waals surface area contributed by atoms with Gasteiger partial charge in [0.05, 0.1) is 11.0 Å². The number of aromatic nitrogens is 2. The van der Waals surface area contributed by atoms with Gasteiger partial charge in [-0.25, -0.2) is 15.8 Å². The Bertz CT molecular complexity index is 590. The first-order chi connectivity index (χ1) is 8.39. The molecule has 2 rings (SSSR count). The molecule has 96 valence electrons. The van der Waals surface area contributed by atoms with Crippen LogP contribution in [0.4, 0.5) is 19.0 Å². The van der Waals surface area contributed by atoms with Crippen LogP contribution in [-0.2, 0) is 0 Å². The maximum atomic E-state index is 12.0. The molecule has 1 aromatic carbocycles. The summed E-state index contributed by atoms with van der Waals surface area (Å²) in [6.07, 6.45) is -4.76.